The average molecular weight is 379 g/mol. The highest BCUT2D eigenvalue weighted by Gasteiger charge is 2.35. The van der Waals surface area contributed by atoms with Crippen molar-refractivity contribution in [3.63, 3.8) is 0 Å². The molecule has 0 bridgehead atoms. The van der Waals surface area contributed by atoms with E-state index >= 15 is 0 Å². The van der Waals surface area contributed by atoms with Crippen molar-refractivity contribution < 1.29 is 9.53 Å². The number of benzene rings is 1. The molecule has 0 saturated carbocycles. The number of hydrogen-bond donors (Lipinski definition) is 2. The van der Waals surface area contributed by atoms with E-state index in [0.29, 0.717) is 24.4 Å². The van der Waals surface area contributed by atoms with Crippen LogP contribution in [0.25, 0.3) is 5.65 Å². The number of para-hydroxylation sites is 1. The minimum absolute atomic E-state index is 0.146. The first-order chi connectivity index (χ1) is 13.7. The molecule has 2 aliphatic heterocycles. The molecule has 8 nitrogen and oxygen atoms in total. The molecular weight excluding hydrogens is 358 g/mol. The van der Waals surface area contributed by atoms with Crippen LogP contribution < -0.4 is 15.9 Å². The van der Waals surface area contributed by atoms with Crippen LogP contribution in [0.4, 0.5) is 5.69 Å². The van der Waals surface area contributed by atoms with Crippen molar-refractivity contribution >= 4 is 17.2 Å². The fraction of sp³-hybridized carbons (Fsp3) is 0.350. The first kappa shape index (κ1) is 17.2. The molecule has 2 aromatic heterocycles. The highest BCUT2D eigenvalue weighted by atomic mass is 16.5. The highest BCUT2D eigenvalue weighted by molar-refractivity contribution is 6.10. The zero-order valence-corrected chi connectivity index (χ0v) is 15.3. The van der Waals surface area contributed by atoms with Crippen molar-refractivity contribution in [1.29, 1.82) is 0 Å². The highest BCUT2D eigenvalue weighted by Crippen LogP contribution is 2.39. The van der Waals surface area contributed by atoms with Gasteiger partial charge in [-0.3, -0.25) is 4.79 Å². The Kier molecular flexibility index (Phi) is 4.22. The van der Waals surface area contributed by atoms with Gasteiger partial charge in [0.2, 0.25) is 0 Å². The number of aromatic nitrogens is 3. The van der Waals surface area contributed by atoms with Crippen LogP contribution in [0.2, 0.25) is 0 Å². The molecule has 1 aromatic carbocycles. The molecule has 4 heterocycles. The van der Waals surface area contributed by atoms with Crippen LogP contribution in [0.1, 0.15) is 28.3 Å². The number of aromatic amines is 1. The van der Waals surface area contributed by atoms with Crippen molar-refractivity contribution in [2.45, 2.75) is 18.4 Å². The molecule has 2 unspecified atom stereocenters. The molecule has 1 saturated heterocycles. The number of nitrogens with zero attached hydrogens (tertiary/aromatic N) is 3. The number of morpholine rings is 1. The van der Waals surface area contributed by atoms with E-state index in [4.69, 9.17) is 4.74 Å². The Balaban J connectivity index is 1.48. The van der Waals surface area contributed by atoms with Gasteiger partial charge in [0.1, 0.15) is 0 Å². The van der Waals surface area contributed by atoms with Gasteiger partial charge in [0.15, 0.2) is 5.65 Å². The predicted octanol–water partition coefficient (Wildman–Crippen LogP) is 1.15. The number of anilines is 1. The number of pyridine rings is 1. The van der Waals surface area contributed by atoms with Crippen LogP contribution in [-0.2, 0) is 4.74 Å². The third kappa shape index (κ3) is 2.81. The molecule has 1 fully saturated rings. The number of fused-ring (bicyclic) bond motifs is 2. The number of rotatable bonds is 3. The number of nitrogens with one attached hydrogen (secondary N) is 2. The summed E-state index contributed by atoms with van der Waals surface area (Å²) >= 11 is 0. The van der Waals surface area contributed by atoms with Gasteiger partial charge in [-0.05, 0) is 30.2 Å². The SMILES string of the molecule is O=C(c1cccn2c(=O)[nH]nc12)N1CC(CC2COCCN2)c2ccccc21. The standard InChI is InChI=1S/C20H21N5O3/c26-19(16-5-3-8-24-18(16)22-23-20(24)27)25-11-13(10-14-12-28-9-7-21-14)15-4-1-2-6-17(15)25/h1-6,8,13-14,21H,7,9-12H2,(H,23,27). The van der Waals surface area contributed by atoms with Crippen molar-refractivity contribution in [3.05, 3.63) is 64.2 Å². The Hall–Kier alpha value is -2.97. The van der Waals surface area contributed by atoms with E-state index in [0.717, 1.165) is 25.3 Å². The third-order valence-electron chi connectivity index (χ3n) is 5.56. The normalized spacial score (nSPS) is 21.8. The molecule has 28 heavy (non-hydrogen) atoms. The molecule has 2 aliphatic rings. The monoisotopic (exact) mass is 379 g/mol. The number of H-pyrrole nitrogens is 1. The summed E-state index contributed by atoms with van der Waals surface area (Å²) in [6.07, 6.45) is 2.51. The summed E-state index contributed by atoms with van der Waals surface area (Å²) in [6.45, 7) is 2.90. The molecule has 2 atom stereocenters. The third-order valence-corrected chi connectivity index (χ3v) is 5.56. The van der Waals surface area contributed by atoms with Gasteiger partial charge in [0.05, 0.1) is 18.8 Å². The predicted molar refractivity (Wildman–Crippen MR) is 104 cm³/mol. The maximum atomic E-state index is 13.4. The lowest BCUT2D eigenvalue weighted by atomic mass is 9.94. The van der Waals surface area contributed by atoms with Crippen LogP contribution in [0.15, 0.2) is 47.4 Å². The molecule has 2 N–H and O–H groups in total. The van der Waals surface area contributed by atoms with E-state index in [9.17, 15) is 9.59 Å². The summed E-state index contributed by atoms with van der Waals surface area (Å²) in [5, 5.41) is 9.94. The largest absolute Gasteiger partial charge is 0.379 e. The lowest BCUT2D eigenvalue weighted by molar-refractivity contribution is 0.0721. The number of hydrogen-bond acceptors (Lipinski definition) is 5. The molecule has 5 rings (SSSR count). The topological polar surface area (TPSA) is 91.7 Å². The number of carbonyl (C=O) groups is 1. The number of ether oxygens (including phenoxy) is 1. The molecule has 0 aliphatic carbocycles. The summed E-state index contributed by atoms with van der Waals surface area (Å²) in [7, 11) is 0. The number of carbonyl (C=O) groups excluding carboxylic acids is 1. The average Bonchev–Trinajstić information content (AvgIpc) is 3.30. The van der Waals surface area contributed by atoms with Crippen molar-refractivity contribution in [2.24, 2.45) is 0 Å². The second-order valence-electron chi connectivity index (χ2n) is 7.28. The quantitative estimate of drug-likeness (QED) is 0.712. The van der Waals surface area contributed by atoms with Crippen molar-refractivity contribution in [2.75, 3.05) is 31.2 Å². The Morgan fingerprint density at radius 3 is 3.00 bits per heavy atom. The zero-order chi connectivity index (χ0) is 19.1. The van der Waals surface area contributed by atoms with E-state index in [1.165, 1.54) is 9.96 Å². The van der Waals surface area contributed by atoms with Gasteiger partial charge in [0, 0.05) is 36.9 Å². The molecule has 144 valence electrons. The lowest BCUT2D eigenvalue weighted by Gasteiger charge is -2.26. The van der Waals surface area contributed by atoms with Gasteiger partial charge in [-0.25, -0.2) is 14.3 Å². The van der Waals surface area contributed by atoms with Gasteiger partial charge in [0.25, 0.3) is 5.91 Å². The molecule has 3 aromatic rings. The van der Waals surface area contributed by atoms with Crippen LogP contribution >= 0.6 is 0 Å². The zero-order valence-electron chi connectivity index (χ0n) is 15.3. The van der Waals surface area contributed by atoms with Crippen LogP contribution in [-0.4, -0.2) is 52.9 Å². The fourth-order valence-corrected chi connectivity index (χ4v) is 4.25. The second-order valence-corrected chi connectivity index (χ2v) is 7.28. The Morgan fingerprint density at radius 1 is 1.25 bits per heavy atom. The van der Waals surface area contributed by atoms with Crippen LogP contribution in [0.5, 0.6) is 0 Å². The Bertz CT molecular complexity index is 1080. The minimum atomic E-state index is -0.354. The molecule has 0 radical (unpaired) electrons. The van der Waals surface area contributed by atoms with E-state index < -0.39 is 0 Å². The molecule has 1 amide bonds. The van der Waals surface area contributed by atoms with E-state index in [-0.39, 0.29) is 23.6 Å². The first-order valence-corrected chi connectivity index (χ1v) is 9.50. The summed E-state index contributed by atoms with van der Waals surface area (Å²) < 4.78 is 6.94. The first-order valence-electron chi connectivity index (χ1n) is 9.50. The summed E-state index contributed by atoms with van der Waals surface area (Å²) in [4.78, 5) is 27.0. The fourth-order valence-electron chi connectivity index (χ4n) is 4.25. The Labute approximate surface area is 161 Å². The summed E-state index contributed by atoms with van der Waals surface area (Å²) in [6, 6.07) is 11.7. The minimum Gasteiger partial charge on any atom is -0.379 e. The van der Waals surface area contributed by atoms with Crippen LogP contribution in [0, 0.1) is 0 Å². The summed E-state index contributed by atoms with van der Waals surface area (Å²) in [5.41, 5.74) is 2.51. The molecular formula is C20H21N5O3. The van der Waals surface area contributed by atoms with Gasteiger partial charge in [-0.15, -0.1) is 0 Å². The smallest absolute Gasteiger partial charge is 0.347 e. The van der Waals surface area contributed by atoms with Gasteiger partial charge < -0.3 is 15.0 Å². The van der Waals surface area contributed by atoms with Gasteiger partial charge in [-0.2, -0.15) is 5.10 Å². The van der Waals surface area contributed by atoms with Crippen LogP contribution in [0.3, 0.4) is 0 Å². The van der Waals surface area contributed by atoms with Gasteiger partial charge in [-0.1, -0.05) is 18.2 Å². The van der Waals surface area contributed by atoms with Gasteiger partial charge >= 0.3 is 5.69 Å². The van der Waals surface area contributed by atoms with Crippen molar-refractivity contribution in [1.82, 2.24) is 19.9 Å². The maximum Gasteiger partial charge on any atom is 0.347 e. The maximum absolute atomic E-state index is 13.4. The van der Waals surface area contributed by atoms with E-state index in [1.807, 2.05) is 18.2 Å². The number of amides is 1. The molecule has 0 spiro atoms. The van der Waals surface area contributed by atoms with Crippen molar-refractivity contribution in [3.8, 4) is 0 Å². The molecule has 8 heteroatoms. The lowest BCUT2D eigenvalue weighted by Crippen LogP contribution is -2.42. The van der Waals surface area contributed by atoms with E-state index in [1.54, 1.807) is 23.2 Å². The van der Waals surface area contributed by atoms with E-state index in [2.05, 4.69) is 21.6 Å². The Morgan fingerprint density at radius 2 is 2.14 bits per heavy atom. The second kappa shape index (κ2) is 6.88. The summed E-state index contributed by atoms with van der Waals surface area (Å²) in [5.74, 6) is 0.0906.